The molecule has 94 valence electrons. The normalized spacial score (nSPS) is 10.5. The molecule has 0 radical (unpaired) electrons. The van der Waals surface area contributed by atoms with Crippen LogP contribution in [-0.2, 0) is 13.0 Å². The Morgan fingerprint density at radius 1 is 1.00 bits per heavy atom. The highest BCUT2D eigenvalue weighted by atomic mass is 35.5. The maximum Gasteiger partial charge on any atom is 0.0406 e. The van der Waals surface area contributed by atoms with Gasteiger partial charge in [0.15, 0.2) is 0 Å². The minimum atomic E-state index is 0.781. The third-order valence-electron chi connectivity index (χ3n) is 2.87. The Kier molecular flexibility index (Phi) is 4.62. The van der Waals surface area contributed by atoms with Crippen molar-refractivity contribution in [2.75, 3.05) is 12.3 Å². The predicted molar refractivity (Wildman–Crippen MR) is 77.7 cm³/mol. The highest BCUT2D eigenvalue weighted by Crippen LogP contribution is 2.11. The van der Waals surface area contributed by atoms with Gasteiger partial charge in [0.25, 0.3) is 0 Å². The summed E-state index contributed by atoms with van der Waals surface area (Å²) in [6.45, 7) is 1.73. The Morgan fingerprint density at radius 3 is 2.44 bits per heavy atom. The zero-order valence-electron chi connectivity index (χ0n) is 10.2. The van der Waals surface area contributed by atoms with Gasteiger partial charge in [-0.15, -0.1) is 0 Å². The molecule has 0 aliphatic carbocycles. The molecule has 0 spiro atoms. The van der Waals surface area contributed by atoms with E-state index in [0.717, 1.165) is 35.8 Å². The van der Waals surface area contributed by atoms with Gasteiger partial charge in [0.2, 0.25) is 0 Å². The first-order chi connectivity index (χ1) is 8.75. The van der Waals surface area contributed by atoms with Crippen LogP contribution in [0.5, 0.6) is 0 Å². The van der Waals surface area contributed by atoms with E-state index in [4.69, 9.17) is 17.3 Å². The van der Waals surface area contributed by atoms with Crippen molar-refractivity contribution in [3.05, 3.63) is 64.7 Å². The molecule has 0 fully saturated rings. The summed E-state index contributed by atoms with van der Waals surface area (Å²) in [5, 5.41) is 4.17. The van der Waals surface area contributed by atoms with Crippen molar-refractivity contribution in [2.24, 2.45) is 0 Å². The maximum absolute atomic E-state index is 5.88. The average Bonchev–Trinajstić information content (AvgIpc) is 2.39. The summed E-state index contributed by atoms with van der Waals surface area (Å²) in [6, 6.07) is 15.9. The number of nitrogens with one attached hydrogen (secondary N) is 1. The maximum atomic E-state index is 5.88. The molecule has 2 rings (SSSR count). The van der Waals surface area contributed by atoms with Crippen LogP contribution in [-0.4, -0.2) is 6.54 Å². The number of halogens is 1. The van der Waals surface area contributed by atoms with Crippen LogP contribution < -0.4 is 11.1 Å². The van der Waals surface area contributed by atoms with Crippen molar-refractivity contribution in [2.45, 2.75) is 13.0 Å². The molecule has 0 aliphatic heterocycles. The summed E-state index contributed by atoms with van der Waals surface area (Å²) in [4.78, 5) is 0. The van der Waals surface area contributed by atoms with Crippen LogP contribution in [0.2, 0.25) is 5.02 Å². The van der Waals surface area contributed by atoms with Gasteiger partial charge in [0, 0.05) is 17.3 Å². The SMILES string of the molecule is Nc1ccccc1CNCCc1ccc(Cl)cc1. The Hall–Kier alpha value is -1.51. The van der Waals surface area contributed by atoms with Crippen LogP contribution >= 0.6 is 11.6 Å². The second-order valence-electron chi connectivity index (χ2n) is 4.25. The zero-order chi connectivity index (χ0) is 12.8. The number of para-hydroxylation sites is 1. The van der Waals surface area contributed by atoms with E-state index in [-0.39, 0.29) is 0 Å². The van der Waals surface area contributed by atoms with Crippen molar-refractivity contribution in [1.82, 2.24) is 5.32 Å². The molecule has 0 bridgehead atoms. The second-order valence-corrected chi connectivity index (χ2v) is 4.69. The van der Waals surface area contributed by atoms with Gasteiger partial charge in [-0.25, -0.2) is 0 Å². The van der Waals surface area contributed by atoms with Gasteiger partial charge < -0.3 is 11.1 Å². The predicted octanol–water partition coefficient (Wildman–Crippen LogP) is 3.25. The van der Waals surface area contributed by atoms with Crippen LogP contribution in [0, 0.1) is 0 Å². The lowest BCUT2D eigenvalue weighted by Crippen LogP contribution is -2.17. The number of hydrogen-bond acceptors (Lipinski definition) is 2. The van der Waals surface area contributed by atoms with Gasteiger partial charge in [0.1, 0.15) is 0 Å². The smallest absolute Gasteiger partial charge is 0.0406 e. The van der Waals surface area contributed by atoms with Crippen molar-refractivity contribution in [3.8, 4) is 0 Å². The number of nitrogen functional groups attached to an aromatic ring is 1. The van der Waals surface area contributed by atoms with Gasteiger partial charge >= 0.3 is 0 Å². The molecule has 3 heteroatoms. The van der Waals surface area contributed by atoms with Crippen LogP contribution in [0.4, 0.5) is 5.69 Å². The van der Waals surface area contributed by atoms with E-state index in [1.165, 1.54) is 5.56 Å². The molecule has 0 aliphatic rings. The van der Waals surface area contributed by atoms with E-state index in [9.17, 15) is 0 Å². The lowest BCUT2D eigenvalue weighted by molar-refractivity contribution is 0.688. The van der Waals surface area contributed by atoms with Gasteiger partial charge in [-0.3, -0.25) is 0 Å². The van der Waals surface area contributed by atoms with E-state index in [1.54, 1.807) is 0 Å². The minimum Gasteiger partial charge on any atom is -0.398 e. The summed E-state index contributed by atoms with van der Waals surface area (Å²) in [6.07, 6.45) is 0.990. The first-order valence-electron chi connectivity index (χ1n) is 6.04. The number of nitrogens with two attached hydrogens (primary N) is 1. The molecule has 3 N–H and O–H groups in total. The highest BCUT2D eigenvalue weighted by Gasteiger charge is 1.97. The summed E-state index contributed by atoms with van der Waals surface area (Å²) in [7, 11) is 0. The summed E-state index contributed by atoms with van der Waals surface area (Å²) < 4.78 is 0. The fraction of sp³-hybridized carbons (Fsp3) is 0.200. The number of benzene rings is 2. The first-order valence-corrected chi connectivity index (χ1v) is 6.42. The van der Waals surface area contributed by atoms with Crippen molar-refractivity contribution < 1.29 is 0 Å². The third-order valence-corrected chi connectivity index (χ3v) is 3.13. The third kappa shape index (κ3) is 3.76. The van der Waals surface area contributed by atoms with Crippen LogP contribution in [0.25, 0.3) is 0 Å². The minimum absolute atomic E-state index is 0.781. The van der Waals surface area contributed by atoms with E-state index >= 15 is 0 Å². The first kappa shape index (κ1) is 12.9. The number of hydrogen-bond donors (Lipinski definition) is 2. The van der Waals surface area contributed by atoms with Crippen LogP contribution in [0.1, 0.15) is 11.1 Å². The zero-order valence-corrected chi connectivity index (χ0v) is 11.0. The van der Waals surface area contributed by atoms with E-state index < -0.39 is 0 Å². The molecule has 0 saturated heterocycles. The molecule has 0 unspecified atom stereocenters. The summed E-state index contributed by atoms with van der Waals surface area (Å²) in [5.41, 5.74) is 9.15. The summed E-state index contributed by atoms with van der Waals surface area (Å²) >= 11 is 5.84. The molecular weight excluding hydrogens is 244 g/mol. The molecule has 2 nitrogen and oxygen atoms in total. The highest BCUT2D eigenvalue weighted by molar-refractivity contribution is 6.30. The number of anilines is 1. The van der Waals surface area contributed by atoms with Crippen molar-refractivity contribution in [1.29, 1.82) is 0 Å². The Bertz CT molecular complexity index is 494. The molecule has 0 atom stereocenters. The quantitative estimate of drug-likeness (QED) is 0.640. The van der Waals surface area contributed by atoms with Gasteiger partial charge in [-0.2, -0.15) is 0 Å². The molecular formula is C15H17ClN2. The fourth-order valence-electron chi connectivity index (χ4n) is 1.80. The molecule has 0 aromatic heterocycles. The van der Waals surface area contributed by atoms with Crippen LogP contribution in [0.3, 0.4) is 0 Å². The molecule has 0 heterocycles. The largest absolute Gasteiger partial charge is 0.398 e. The average molecular weight is 261 g/mol. The Morgan fingerprint density at radius 2 is 1.72 bits per heavy atom. The monoisotopic (exact) mass is 260 g/mol. The van der Waals surface area contributed by atoms with Gasteiger partial charge in [-0.1, -0.05) is 41.9 Å². The van der Waals surface area contributed by atoms with Crippen LogP contribution in [0.15, 0.2) is 48.5 Å². The van der Waals surface area contributed by atoms with E-state index in [1.807, 2.05) is 36.4 Å². The van der Waals surface area contributed by atoms with Crippen molar-refractivity contribution in [3.63, 3.8) is 0 Å². The summed E-state index contributed by atoms with van der Waals surface area (Å²) in [5.74, 6) is 0. The molecule has 2 aromatic carbocycles. The lowest BCUT2D eigenvalue weighted by atomic mass is 10.1. The van der Waals surface area contributed by atoms with Gasteiger partial charge in [-0.05, 0) is 42.3 Å². The lowest BCUT2D eigenvalue weighted by Gasteiger charge is -2.07. The fourth-order valence-corrected chi connectivity index (χ4v) is 1.93. The molecule has 18 heavy (non-hydrogen) atoms. The standard InChI is InChI=1S/C15H17ClN2/c16-14-7-5-12(6-8-14)9-10-18-11-13-3-1-2-4-15(13)17/h1-8,18H,9-11,17H2. The molecule has 0 saturated carbocycles. The van der Waals surface area contributed by atoms with E-state index in [0.29, 0.717) is 0 Å². The van der Waals surface area contributed by atoms with Gasteiger partial charge in [0.05, 0.1) is 0 Å². The second kappa shape index (κ2) is 6.43. The van der Waals surface area contributed by atoms with Crippen molar-refractivity contribution >= 4 is 17.3 Å². The number of rotatable bonds is 5. The molecule has 2 aromatic rings. The Balaban J connectivity index is 1.76. The topological polar surface area (TPSA) is 38.0 Å². The molecule has 0 amide bonds. The Labute approximate surface area is 113 Å². The van der Waals surface area contributed by atoms with E-state index in [2.05, 4.69) is 17.4 Å².